The zero-order chi connectivity index (χ0) is 13.5. The smallest absolute Gasteiger partial charge is 0.326 e. The van der Waals surface area contributed by atoms with Gasteiger partial charge in [0.2, 0.25) is 0 Å². The number of carboxylic acids is 1. The van der Waals surface area contributed by atoms with Crippen LogP contribution in [0.4, 0.5) is 4.79 Å². The highest BCUT2D eigenvalue weighted by Gasteiger charge is 2.34. The van der Waals surface area contributed by atoms with E-state index in [1.807, 2.05) is 6.92 Å². The van der Waals surface area contributed by atoms with Crippen molar-refractivity contribution in [3.05, 3.63) is 0 Å². The Kier molecular flexibility index (Phi) is 5.95. The predicted molar refractivity (Wildman–Crippen MR) is 69.5 cm³/mol. The predicted octanol–water partition coefficient (Wildman–Crippen LogP) is 2.21. The van der Waals surface area contributed by atoms with E-state index in [0.717, 1.165) is 25.7 Å². The van der Waals surface area contributed by atoms with Crippen molar-refractivity contribution in [2.45, 2.75) is 64.5 Å². The number of hydrogen-bond donors (Lipinski definition) is 2. The number of carbonyl (C=O) groups excluding carboxylic acids is 1. The summed E-state index contributed by atoms with van der Waals surface area (Å²) in [6.45, 7) is 4.66. The number of carboxylic acid groups (broad SMARTS) is 1. The Bertz CT molecular complexity index is 294. The zero-order valence-corrected chi connectivity index (χ0v) is 11.3. The molecule has 1 heterocycles. The van der Waals surface area contributed by atoms with E-state index in [9.17, 15) is 9.59 Å². The van der Waals surface area contributed by atoms with Crippen LogP contribution in [-0.4, -0.2) is 40.6 Å². The molecule has 1 aliphatic rings. The molecule has 1 rings (SSSR count). The molecule has 1 fully saturated rings. The molecule has 2 atom stereocenters. The Balaban J connectivity index is 2.37. The minimum atomic E-state index is -0.902. The Morgan fingerprint density at radius 2 is 2.17 bits per heavy atom. The van der Waals surface area contributed by atoms with Gasteiger partial charge in [0, 0.05) is 12.6 Å². The van der Waals surface area contributed by atoms with E-state index in [1.54, 1.807) is 0 Å². The second-order valence-corrected chi connectivity index (χ2v) is 5.04. The van der Waals surface area contributed by atoms with Crippen molar-refractivity contribution in [1.82, 2.24) is 10.2 Å². The van der Waals surface area contributed by atoms with Gasteiger partial charge in [-0.1, -0.05) is 26.2 Å². The second kappa shape index (κ2) is 7.24. The van der Waals surface area contributed by atoms with E-state index in [4.69, 9.17) is 5.11 Å². The van der Waals surface area contributed by atoms with Gasteiger partial charge < -0.3 is 15.3 Å². The van der Waals surface area contributed by atoms with Crippen LogP contribution in [0.2, 0.25) is 0 Å². The number of likely N-dealkylation sites (tertiary alicyclic amines) is 1. The van der Waals surface area contributed by atoms with Crippen molar-refractivity contribution in [3.63, 3.8) is 0 Å². The third-order valence-electron chi connectivity index (χ3n) is 3.41. The molecular weight excluding hydrogens is 232 g/mol. The molecule has 18 heavy (non-hydrogen) atoms. The van der Waals surface area contributed by atoms with Crippen LogP contribution < -0.4 is 5.32 Å². The number of urea groups is 1. The molecule has 2 amide bonds. The van der Waals surface area contributed by atoms with Gasteiger partial charge in [-0.25, -0.2) is 9.59 Å². The first-order valence-corrected chi connectivity index (χ1v) is 6.86. The molecule has 2 N–H and O–H groups in total. The van der Waals surface area contributed by atoms with Crippen LogP contribution >= 0.6 is 0 Å². The normalized spacial score (nSPS) is 20.8. The van der Waals surface area contributed by atoms with E-state index in [1.165, 1.54) is 11.3 Å². The maximum Gasteiger partial charge on any atom is 0.326 e. The molecule has 0 radical (unpaired) electrons. The van der Waals surface area contributed by atoms with Crippen molar-refractivity contribution in [3.8, 4) is 0 Å². The number of aliphatic carboxylic acids is 1. The summed E-state index contributed by atoms with van der Waals surface area (Å²) in [5, 5.41) is 11.9. The summed E-state index contributed by atoms with van der Waals surface area (Å²) in [6.07, 6.45) is 5.71. The number of nitrogens with zero attached hydrogens (tertiary/aromatic N) is 1. The van der Waals surface area contributed by atoms with Crippen LogP contribution in [0, 0.1) is 0 Å². The maximum absolute atomic E-state index is 12.0. The molecule has 5 heteroatoms. The lowest BCUT2D eigenvalue weighted by Gasteiger charge is -2.24. The molecule has 1 aliphatic heterocycles. The first kappa shape index (κ1) is 14.8. The summed E-state index contributed by atoms with van der Waals surface area (Å²) in [6, 6.07) is -0.768. The lowest BCUT2D eigenvalue weighted by molar-refractivity contribution is -0.141. The van der Waals surface area contributed by atoms with Crippen LogP contribution in [0.25, 0.3) is 0 Å². The number of rotatable bonds is 6. The SMILES string of the molecule is CCCCCC(C)NC(=O)N1CCCC1C(=O)O. The molecule has 104 valence electrons. The Morgan fingerprint density at radius 3 is 2.78 bits per heavy atom. The number of nitrogens with one attached hydrogen (secondary N) is 1. The second-order valence-electron chi connectivity index (χ2n) is 5.04. The minimum absolute atomic E-state index is 0.110. The Morgan fingerprint density at radius 1 is 1.44 bits per heavy atom. The van der Waals surface area contributed by atoms with Crippen LogP contribution in [0.3, 0.4) is 0 Å². The number of amides is 2. The number of unbranched alkanes of at least 4 members (excludes halogenated alkanes) is 2. The Labute approximate surface area is 109 Å². The molecule has 5 nitrogen and oxygen atoms in total. The van der Waals surface area contributed by atoms with E-state index >= 15 is 0 Å². The van der Waals surface area contributed by atoms with Crippen LogP contribution in [0.15, 0.2) is 0 Å². The average Bonchev–Trinajstić information content (AvgIpc) is 2.78. The Hall–Kier alpha value is -1.26. The van der Waals surface area contributed by atoms with Crippen molar-refractivity contribution in [2.75, 3.05) is 6.54 Å². The van der Waals surface area contributed by atoms with E-state index in [0.29, 0.717) is 13.0 Å². The third kappa shape index (κ3) is 4.20. The fourth-order valence-electron chi connectivity index (χ4n) is 2.33. The fraction of sp³-hybridized carbons (Fsp3) is 0.846. The number of hydrogen-bond acceptors (Lipinski definition) is 2. The lowest BCUT2D eigenvalue weighted by Crippen LogP contribution is -2.48. The molecule has 0 saturated carbocycles. The highest BCUT2D eigenvalue weighted by Crippen LogP contribution is 2.17. The van der Waals surface area contributed by atoms with Gasteiger partial charge in [0.05, 0.1) is 0 Å². The first-order valence-electron chi connectivity index (χ1n) is 6.86. The standard InChI is InChI=1S/C13H24N2O3/c1-3-4-5-7-10(2)14-13(18)15-9-6-8-11(15)12(16)17/h10-11H,3-9H2,1-2H3,(H,14,18)(H,16,17). The molecule has 0 bridgehead atoms. The molecule has 1 saturated heterocycles. The average molecular weight is 256 g/mol. The van der Waals surface area contributed by atoms with Gasteiger partial charge in [-0.15, -0.1) is 0 Å². The molecule has 0 spiro atoms. The monoisotopic (exact) mass is 256 g/mol. The maximum atomic E-state index is 12.0. The molecule has 0 aliphatic carbocycles. The molecule has 0 aromatic heterocycles. The third-order valence-corrected chi connectivity index (χ3v) is 3.41. The molecule has 2 unspecified atom stereocenters. The molecule has 0 aromatic carbocycles. The first-order chi connectivity index (χ1) is 8.56. The number of carbonyl (C=O) groups is 2. The van der Waals surface area contributed by atoms with Crippen LogP contribution in [0.1, 0.15) is 52.4 Å². The summed E-state index contributed by atoms with van der Waals surface area (Å²) in [4.78, 5) is 24.4. The van der Waals surface area contributed by atoms with Gasteiger partial charge in [0.1, 0.15) is 6.04 Å². The minimum Gasteiger partial charge on any atom is -0.480 e. The highest BCUT2D eigenvalue weighted by atomic mass is 16.4. The molecular formula is C13H24N2O3. The molecule has 0 aromatic rings. The summed E-state index contributed by atoms with van der Waals surface area (Å²) in [5.74, 6) is -0.902. The van der Waals surface area contributed by atoms with Crippen molar-refractivity contribution < 1.29 is 14.7 Å². The van der Waals surface area contributed by atoms with E-state index in [2.05, 4.69) is 12.2 Å². The van der Waals surface area contributed by atoms with Crippen LogP contribution in [0.5, 0.6) is 0 Å². The van der Waals surface area contributed by atoms with Gasteiger partial charge >= 0.3 is 12.0 Å². The van der Waals surface area contributed by atoms with Crippen LogP contribution in [-0.2, 0) is 4.79 Å². The van der Waals surface area contributed by atoms with Gasteiger partial charge in [-0.2, -0.15) is 0 Å². The quantitative estimate of drug-likeness (QED) is 0.716. The lowest BCUT2D eigenvalue weighted by atomic mass is 10.1. The summed E-state index contributed by atoms with van der Waals surface area (Å²) < 4.78 is 0. The fourth-order valence-corrected chi connectivity index (χ4v) is 2.33. The van der Waals surface area contributed by atoms with Crippen molar-refractivity contribution in [1.29, 1.82) is 0 Å². The van der Waals surface area contributed by atoms with Crippen molar-refractivity contribution in [2.24, 2.45) is 0 Å². The van der Waals surface area contributed by atoms with Gasteiger partial charge in [0.25, 0.3) is 0 Å². The zero-order valence-electron chi connectivity index (χ0n) is 11.3. The largest absolute Gasteiger partial charge is 0.480 e. The van der Waals surface area contributed by atoms with Gasteiger partial charge in [-0.3, -0.25) is 0 Å². The van der Waals surface area contributed by atoms with Gasteiger partial charge in [-0.05, 0) is 26.2 Å². The summed E-state index contributed by atoms with van der Waals surface area (Å²) in [7, 11) is 0. The highest BCUT2D eigenvalue weighted by molar-refractivity contribution is 5.83. The summed E-state index contributed by atoms with van der Waals surface area (Å²) in [5.41, 5.74) is 0. The van der Waals surface area contributed by atoms with E-state index in [-0.39, 0.29) is 12.1 Å². The summed E-state index contributed by atoms with van der Waals surface area (Å²) >= 11 is 0. The van der Waals surface area contributed by atoms with E-state index < -0.39 is 12.0 Å². The topological polar surface area (TPSA) is 69.6 Å². The van der Waals surface area contributed by atoms with Crippen molar-refractivity contribution >= 4 is 12.0 Å². The van der Waals surface area contributed by atoms with Gasteiger partial charge in [0.15, 0.2) is 0 Å².